The first-order valence-corrected chi connectivity index (χ1v) is 10.4. The van der Waals surface area contributed by atoms with Gasteiger partial charge < -0.3 is 20.7 Å². The second kappa shape index (κ2) is 9.65. The van der Waals surface area contributed by atoms with Crippen molar-refractivity contribution in [2.24, 2.45) is 0 Å². The third-order valence-corrected chi connectivity index (χ3v) is 4.92. The Balaban J connectivity index is 1.81. The third kappa shape index (κ3) is 5.21. The smallest absolute Gasteiger partial charge is 0.253 e. The number of aryl methyl sites for hydroxylation is 1. The van der Waals surface area contributed by atoms with Crippen molar-refractivity contribution in [1.82, 2.24) is 30.0 Å². The van der Waals surface area contributed by atoms with E-state index < -0.39 is 17.0 Å². The van der Waals surface area contributed by atoms with Gasteiger partial charge in [-0.1, -0.05) is 5.24 Å². The van der Waals surface area contributed by atoms with Gasteiger partial charge >= 0.3 is 0 Å². The van der Waals surface area contributed by atoms with E-state index in [0.717, 1.165) is 0 Å². The highest BCUT2D eigenvalue weighted by molar-refractivity contribution is 6.60. The molecule has 0 aliphatic carbocycles. The average molecular weight is 466 g/mol. The number of anilines is 4. The second-order valence-corrected chi connectivity index (χ2v) is 7.51. The number of carbonyl (C=O) groups is 1. The Morgan fingerprint density at radius 1 is 1.14 bits per heavy atom. The fourth-order valence-electron chi connectivity index (χ4n) is 3.45. The molecule has 35 heavy (non-hydrogen) atoms. The highest BCUT2D eigenvalue weighted by Gasteiger charge is 2.22. The number of carbonyl (C=O) groups excluding carboxylic acids is 1. The zero-order valence-corrected chi connectivity index (χ0v) is 18.9. The van der Waals surface area contributed by atoms with Crippen LogP contribution in [0.4, 0.5) is 27.4 Å². The molecule has 1 aromatic carbocycles. The summed E-state index contributed by atoms with van der Waals surface area (Å²) in [6.07, 6.45) is 5.63. The molecule has 6 radical (unpaired) electrons. The lowest BCUT2D eigenvalue weighted by Crippen LogP contribution is -2.50. The van der Waals surface area contributed by atoms with Gasteiger partial charge in [0.1, 0.15) is 29.3 Å². The van der Waals surface area contributed by atoms with Crippen LogP contribution < -0.4 is 20.7 Å². The minimum Gasteiger partial charge on any atom is -0.492 e. The Kier molecular flexibility index (Phi) is 6.63. The van der Waals surface area contributed by atoms with Crippen LogP contribution in [0.1, 0.15) is 17.3 Å². The van der Waals surface area contributed by atoms with Crippen molar-refractivity contribution in [3.05, 3.63) is 54.5 Å². The van der Waals surface area contributed by atoms with Gasteiger partial charge in [0.15, 0.2) is 5.75 Å². The van der Waals surface area contributed by atoms with Gasteiger partial charge in [0.25, 0.3) is 5.91 Å². The summed E-state index contributed by atoms with van der Waals surface area (Å²) < 4.78 is 22.1. The van der Waals surface area contributed by atoms with Crippen molar-refractivity contribution in [3.8, 4) is 5.75 Å². The molecule has 3 heterocycles. The maximum atomic E-state index is 14.9. The van der Waals surface area contributed by atoms with E-state index in [4.69, 9.17) is 28.3 Å². The molecule has 1 amide bonds. The van der Waals surface area contributed by atoms with Gasteiger partial charge in [0.05, 0.1) is 59.2 Å². The molecule has 0 aliphatic rings. The Bertz CT molecular complexity index is 1380. The summed E-state index contributed by atoms with van der Waals surface area (Å²) >= 11 is 0. The van der Waals surface area contributed by atoms with Gasteiger partial charge in [0.2, 0.25) is 0 Å². The van der Waals surface area contributed by atoms with Crippen LogP contribution in [0.15, 0.2) is 43.1 Å². The van der Waals surface area contributed by atoms with Crippen LogP contribution in [-0.4, -0.2) is 66.5 Å². The number of benzene rings is 1. The van der Waals surface area contributed by atoms with Crippen LogP contribution >= 0.6 is 0 Å². The lowest BCUT2D eigenvalue weighted by molar-refractivity contribution is 0.0953. The van der Waals surface area contributed by atoms with Gasteiger partial charge in [-0.3, -0.25) is 9.48 Å². The minimum absolute atomic E-state index is 0.0375. The standard InChI is InChI=1S/C21H18B3FN8O2/c1-3-33-18-11(9-29-33)13(25)6-15(19(18)35-2)30-14-7-17(31-16-4-5-26-10-28-16)27-8-12(14)20(34)32-21(22,23)24/h4-10H,3H2,1-2H3,(H,32,34)(H2,26,27,28,30,31). The monoisotopic (exact) mass is 466 g/mol. The Morgan fingerprint density at radius 2 is 1.94 bits per heavy atom. The van der Waals surface area contributed by atoms with Crippen LogP contribution in [-0.2, 0) is 6.54 Å². The summed E-state index contributed by atoms with van der Waals surface area (Å²) in [6.45, 7) is 2.36. The first-order valence-electron chi connectivity index (χ1n) is 10.4. The Labute approximate surface area is 204 Å². The molecular weight excluding hydrogens is 448 g/mol. The van der Waals surface area contributed by atoms with E-state index in [0.29, 0.717) is 34.8 Å². The predicted molar refractivity (Wildman–Crippen MR) is 132 cm³/mol. The summed E-state index contributed by atoms with van der Waals surface area (Å²) in [4.78, 5) is 25.0. The number of aromatic nitrogens is 5. The predicted octanol–water partition coefficient (Wildman–Crippen LogP) is 1.72. The quantitative estimate of drug-likeness (QED) is 0.337. The number of fused-ring (bicyclic) bond motifs is 1. The number of ether oxygens (including phenoxy) is 1. The molecule has 0 atom stereocenters. The fourth-order valence-corrected chi connectivity index (χ4v) is 3.45. The van der Waals surface area contributed by atoms with Crippen LogP contribution in [0.3, 0.4) is 0 Å². The molecule has 10 nitrogen and oxygen atoms in total. The maximum absolute atomic E-state index is 14.9. The number of halogens is 1. The Morgan fingerprint density at radius 3 is 2.60 bits per heavy atom. The van der Waals surface area contributed by atoms with Crippen molar-refractivity contribution < 1.29 is 13.9 Å². The molecule has 0 fully saturated rings. The third-order valence-electron chi connectivity index (χ3n) is 4.92. The van der Waals surface area contributed by atoms with Gasteiger partial charge in [-0.25, -0.2) is 19.3 Å². The van der Waals surface area contributed by atoms with Crippen molar-refractivity contribution in [2.45, 2.75) is 18.7 Å². The van der Waals surface area contributed by atoms with Crippen molar-refractivity contribution in [3.63, 3.8) is 0 Å². The Hall–Kier alpha value is -4.09. The number of methoxy groups -OCH3 is 1. The average Bonchev–Trinajstić information content (AvgIpc) is 3.24. The molecule has 170 valence electrons. The van der Waals surface area contributed by atoms with Gasteiger partial charge in [-0.2, -0.15) is 5.10 Å². The van der Waals surface area contributed by atoms with E-state index >= 15 is 0 Å². The first-order chi connectivity index (χ1) is 16.7. The number of pyridine rings is 1. The fraction of sp³-hybridized carbons (Fsp3) is 0.190. The molecule has 0 bridgehead atoms. The second-order valence-electron chi connectivity index (χ2n) is 7.51. The lowest BCUT2D eigenvalue weighted by Gasteiger charge is -2.23. The summed E-state index contributed by atoms with van der Waals surface area (Å²) in [5.41, 5.74) is 0.982. The molecule has 14 heteroatoms. The largest absolute Gasteiger partial charge is 0.492 e. The molecule has 4 rings (SSSR count). The zero-order chi connectivity index (χ0) is 25.2. The van der Waals surface area contributed by atoms with E-state index in [9.17, 15) is 9.18 Å². The first kappa shape index (κ1) is 24.1. The molecule has 3 N–H and O–H groups in total. The maximum Gasteiger partial charge on any atom is 0.253 e. The van der Waals surface area contributed by atoms with Crippen molar-refractivity contribution >= 4 is 63.4 Å². The van der Waals surface area contributed by atoms with Crippen LogP contribution in [0.2, 0.25) is 0 Å². The lowest BCUT2D eigenvalue weighted by atomic mass is 9.49. The molecule has 0 aliphatic heterocycles. The molecule has 0 saturated carbocycles. The van der Waals surface area contributed by atoms with Crippen molar-refractivity contribution in [1.29, 1.82) is 0 Å². The SMILES string of the molecule is [B]C([B])([B])NC(=O)c1cnc(Nc2ccncn2)cc1Nc1cc(F)c2cnn(CC)c2c1OC. The normalized spacial score (nSPS) is 11.3. The summed E-state index contributed by atoms with van der Waals surface area (Å²) in [5, 5.41) is 10.9. The van der Waals surface area contributed by atoms with Crippen LogP contribution in [0, 0.1) is 5.82 Å². The molecular formula is C21H18B3FN8O2. The number of amides is 1. The topological polar surface area (TPSA) is 119 Å². The van der Waals surface area contributed by atoms with Gasteiger partial charge in [-0.15, -0.1) is 0 Å². The molecule has 3 aromatic heterocycles. The van der Waals surface area contributed by atoms with E-state index in [1.807, 2.05) is 6.92 Å². The zero-order valence-electron chi connectivity index (χ0n) is 18.9. The number of hydrogen-bond donors (Lipinski definition) is 3. The van der Waals surface area contributed by atoms with Crippen LogP contribution in [0.25, 0.3) is 10.9 Å². The molecule has 0 unspecified atom stereocenters. The summed E-state index contributed by atoms with van der Waals surface area (Å²) in [5.74, 6) is -0.0913. The van der Waals surface area contributed by atoms with Crippen LogP contribution in [0.5, 0.6) is 5.75 Å². The van der Waals surface area contributed by atoms with Gasteiger partial charge in [-0.05, 0) is 13.0 Å². The van der Waals surface area contributed by atoms with E-state index in [2.05, 4.69) is 36.0 Å². The molecule has 0 spiro atoms. The summed E-state index contributed by atoms with van der Waals surface area (Å²) in [6, 6.07) is 4.42. The molecule has 4 aromatic rings. The van der Waals surface area contributed by atoms with E-state index in [1.54, 1.807) is 16.9 Å². The van der Waals surface area contributed by atoms with E-state index in [1.165, 1.54) is 38.0 Å². The highest BCUT2D eigenvalue weighted by atomic mass is 19.1. The number of hydrogen-bond acceptors (Lipinski definition) is 8. The number of nitrogens with zero attached hydrogens (tertiary/aromatic N) is 5. The minimum atomic E-state index is -1.97. The van der Waals surface area contributed by atoms with Gasteiger partial charge in [0, 0.05) is 31.1 Å². The van der Waals surface area contributed by atoms with Crippen molar-refractivity contribution in [2.75, 3.05) is 17.7 Å². The van der Waals surface area contributed by atoms with E-state index in [-0.39, 0.29) is 16.9 Å². The number of nitrogens with one attached hydrogen (secondary N) is 3. The highest BCUT2D eigenvalue weighted by Crippen LogP contribution is 2.38. The molecule has 0 saturated heterocycles. The summed E-state index contributed by atoms with van der Waals surface area (Å²) in [7, 11) is 18.1. The number of rotatable bonds is 8.